The van der Waals surface area contributed by atoms with Crippen molar-refractivity contribution in [2.45, 2.75) is 71.1 Å². The van der Waals surface area contributed by atoms with Gasteiger partial charge in [0.1, 0.15) is 0 Å². The molecule has 0 rings (SSSR count). The van der Waals surface area contributed by atoms with Gasteiger partial charge >= 0.3 is 0 Å². The third-order valence-corrected chi connectivity index (χ3v) is 2.97. The third-order valence-electron chi connectivity index (χ3n) is 2.97. The van der Waals surface area contributed by atoms with Crippen LogP contribution in [-0.4, -0.2) is 48.4 Å². The highest BCUT2D eigenvalue weighted by Gasteiger charge is 1.88. The first-order valence-corrected chi connectivity index (χ1v) is 8.23. The number of hydrogen-bond acceptors (Lipinski definition) is 4. The minimum absolute atomic E-state index is 0.319. The Balaban J connectivity index is 0. The molecule has 0 amide bonds. The number of ether oxygens (including phenoxy) is 1. The summed E-state index contributed by atoms with van der Waals surface area (Å²) in [5, 5.41) is 25.3. The van der Waals surface area contributed by atoms with E-state index in [4.69, 9.17) is 20.1 Å². The van der Waals surface area contributed by atoms with Crippen molar-refractivity contribution in [3.05, 3.63) is 0 Å². The van der Waals surface area contributed by atoms with Crippen molar-refractivity contribution in [1.29, 1.82) is 0 Å². The van der Waals surface area contributed by atoms with Crippen LogP contribution in [-0.2, 0) is 4.74 Å². The topological polar surface area (TPSA) is 69.9 Å². The van der Waals surface area contributed by atoms with Crippen molar-refractivity contribution in [1.82, 2.24) is 0 Å². The lowest BCUT2D eigenvalue weighted by molar-refractivity contribution is 0.142. The van der Waals surface area contributed by atoms with Gasteiger partial charge in [0.05, 0.1) is 0 Å². The monoisotopic (exact) mass is 292 g/mol. The van der Waals surface area contributed by atoms with Gasteiger partial charge in [0.15, 0.2) is 0 Å². The SMILES string of the molecule is CCOCCCCCCO.OCCCCCCCCO. The van der Waals surface area contributed by atoms with Crippen LogP contribution >= 0.6 is 0 Å². The third kappa shape index (κ3) is 26.4. The van der Waals surface area contributed by atoms with E-state index in [0.717, 1.165) is 58.2 Å². The van der Waals surface area contributed by atoms with E-state index in [9.17, 15) is 0 Å². The number of aliphatic hydroxyl groups is 3. The average Bonchev–Trinajstić information content (AvgIpc) is 2.47. The molecular weight excluding hydrogens is 256 g/mol. The molecule has 0 aliphatic carbocycles. The second kappa shape index (κ2) is 23.9. The fraction of sp³-hybridized carbons (Fsp3) is 1.00. The predicted octanol–water partition coefficient (Wildman–Crippen LogP) is 2.89. The van der Waals surface area contributed by atoms with Crippen LogP contribution in [0.15, 0.2) is 0 Å². The van der Waals surface area contributed by atoms with E-state index in [1.165, 1.54) is 19.3 Å². The standard InChI is InChI=1S/2C8H18O2/c1-2-10-8-6-4-3-5-7-9;9-7-5-3-1-2-4-6-8-10/h9H,2-8H2,1H3;9-10H,1-8H2. The molecule has 0 radical (unpaired) electrons. The number of unbranched alkanes of at least 4 members (excludes halogenated alkanes) is 8. The molecule has 0 saturated heterocycles. The van der Waals surface area contributed by atoms with Crippen LogP contribution in [0.5, 0.6) is 0 Å². The van der Waals surface area contributed by atoms with Gasteiger partial charge in [-0.05, 0) is 32.6 Å². The highest BCUT2D eigenvalue weighted by molar-refractivity contribution is 4.43. The first-order chi connectivity index (χ1) is 9.83. The van der Waals surface area contributed by atoms with Crippen LogP contribution in [0.3, 0.4) is 0 Å². The van der Waals surface area contributed by atoms with E-state index in [2.05, 4.69) is 0 Å². The molecule has 0 aliphatic rings. The van der Waals surface area contributed by atoms with Crippen LogP contribution < -0.4 is 0 Å². The van der Waals surface area contributed by atoms with Gasteiger partial charge in [0, 0.05) is 33.0 Å². The molecule has 0 atom stereocenters. The Morgan fingerprint density at radius 3 is 1.25 bits per heavy atom. The number of rotatable bonds is 14. The fourth-order valence-corrected chi connectivity index (χ4v) is 1.74. The summed E-state index contributed by atoms with van der Waals surface area (Å²) in [5.41, 5.74) is 0. The van der Waals surface area contributed by atoms with Crippen molar-refractivity contribution in [2.75, 3.05) is 33.0 Å². The van der Waals surface area contributed by atoms with E-state index in [1.54, 1.807) is 0 Å². The predicted molar refractivity (Wildman–Crippen MR) is 83.9 cm³/mol. The Hall–Kier alpha value is -0.160. The quantitative estimate of drug-likeness (QED) is 0.431. The van der Waals surface area contributed by atoms with E-state index in [1.807, 2.05) is 6.92 Å². The van der Waals surface area contributed by atoms with E-state index >= 15 is 0 Å². The summed E-state index contributed by atoms with van der Waals surface area (Å²) < 4.78 is 5.15. The van der Waals surface area contributed by atoms with Crippen LogP contribution in [0.2, 0.25) is 0 Å². The van der Waals surface area contributed by atoms with Crippen LogP contribution in [0, 0.1) is 0 Å². The molecule has 0 saturated carbocycles. The first-order valence-electron chi connectivity index (χ1n) is 8.23. The summed E-state index contributed by atoms with van der Waals surface area (Å²) in [6.07, 6.45) is 10.9. The van der Waals surface area contributed by atoms with Crippen LogP contribution in [0.4, 0.5) is 0 Å². The molecule has 0 aromatic rings. The van der Waals surface area contributed by atoms with Crippen molar-refractivity contribution >= 4 is 0 Å². The molecule has 4 nitrogen and oxygen atoms in total. The minimum atomic E-state index is 0.319. The average molecular weight is 292 g/mol. The normalized spacial score (nSPS) is 10.2. The summed E-state index contributed by atoms with van der Waals surface area (Å²) in [6, 6.07) is 0. The number of aliphatic hydroxyl groups excluding tert-OH is 3. The summed E-state index contributed by atoms with van der Waals surface area (Å²) in [6.45, 7) is 4.67. The Bertz CT molecular complexity index is 110. The highest BCUT2D eigenvalue weighted by Crippen LogP contribution is 2.03. The minimum Gasteiger partial charge on any atom is -0.396 e. The maximum atomic E-state index is 8.44. The van der Waals surface area contributed by atoms with Crippen molar-refractivity contribution in [3.8, 4) is 0 Å². The molecule has 0 aromatic heterocycles. The molecule has 20 heavy (non-hydrogen) atoms. The molecular formula is C16H36O4. The largest absolute Gasteiger partial charge is 0.396 e. The van der Waals surface area contributed by atoms with Crippen molar-refractivity contribution in [3.63, 3.8) is 0 Å². The zero-order valence-electron chi connectivity index (χ0n) is 13.4. The van der Waals surface area contributed by atoms with Crippen LogP contribution in [0.1, 0.15) is 71.1 Å². The fourth-order valence-electron chi connectivity index (χ4n) is 1.74. The smallest absolute Gasteiger partial charge is 0.0465 e. The maximum Gasteiger partial charge on any atom is 0.0465 e. The lowest BCUT2D eigenvalue weighted by atomic mass is 10.1. The molecule has 0 aliphatic heterocycles. The van der Waals surface area contributed by atoms with E-state index in [-0.39, 0.29) is 0 Å². The molecule has 4 heteroatoms. The van der Waals surface area contributed by atoms with E-state index in [0.29, 0.717) is 19.8 Å². The van der Waals surface area contributed by atoms with Gasteiger partial charge in [0.2, 0.25) is 0 Å². The molecule has 0 spiro atoms. The van der Waals surface area contributed by atoms with Gasteiger partial charge in [-0.15, -0.1) is 0 Å². The molecule has 0 unspecified atom stereocenters. The molecule has 3 N–H and O–H groups in total. The van der Waals surface area contributed by atoms with E-state index < -0.39 is 0 Å². The van der Waals surface area contributed by atoms with Gasteiger partial charge in [-0.2, -0.15) is 0 Å². The summed E-state index contributed by atoms with van der Waals surface area (Å²) >= 11 is 0. The zero-order valence-corrected chi connectivity index (χ0v) is 13.4. The second-order valence-corrected chi connectivity index (χ2v) is 4.90. The maximum absolute atomic E-state index is 8.44. The Morgan fingerprint density at radius 2 is 0.900 bits per heavy atom. The summed E-state index contributed by atoms with van der Waals surface area (Å²) in [7, 11) is 0. The van der Waals surface area contributed by atoms with Crippen molar-refractivity contribution < 1.29 is 20.1 Å². The van der Waals surface area contributed by atoms with Gasteiger partial charge < -0.3 is 20.1 Å². The van der Waals surface area contributed by atoms with Gasteiger partial charge in [0.25, 0.3) is 0 Å². The Morgan fingerprint density at radius 1 is 0.550 bits per heavy atom. The number of hydrogen-bond donors (Lipinski definition) is 3. The van der Waals surface area contributed by atoms with Crippen LogP contribution in [0.25, 0.3) is 0 Å². The van der Waals surface area contributed by atoms with Crippen molar-refractivity contribution in [2.24, 2.45) is 0 Å². The Labute approximate surface area is 125 Å². The second-order valence-electron chi connectivity index (χ2n) is 4.90. The lowest BCUT2D eigenvalue weighted by Crippen LogP contribution is -1.93. The molecule has 0 fully saturated rings. The molecule has 0 heterocycles. The molecule has 124 valence electrons. The van der Waals surface area contributed by atoms with Gasteiger partial charge in [-0.3, -0.25) is 0 Å². The lowest BCUT2D eigenvalue weighted by Gasteiger charge is -1.99. The first kappa shape index (κ1) is 22.1. The van der Waals surface area contributed by atoms with Gasteiger partial charge in [-0.25, -0.2) is 0 Å². The highest BCUT2D eigenvalue weighted by atomic mass is 16.5. The molecule has 0 aromatic carbocycles. The van der Waals surface area contributed by atoms with Gasteiger partial charge in [-0.1, -0.05) is 38.5 Å². The molecule has 0 bridgehead atoms. The Kier molecular flexibility index (Phi) is 26.4. The summed E-state index contributed by atoms with van der Waals surface area (Å²) in [4.78, 5) is 0. The zero-order chi connectivity index (χ0) is 15.3. The summed E-state index contributed by atoms with van der Waals surface area (Å²) in [5.74, 6) is 0.